The molecule has 4 unspecified atom stereocenters. The summed E-state index contributed by atoms with van der Waals surface area (Å²) >= 11 is 0. The zero-order valence-electron chi connectivity index (χ0n) is 11.3. The minimum absolute atomic E-state index is 0.317. The maximum Gasteiger partial charge on any atom is 0.124 e. The summed E-state index contributed by atoms with van der Waals surface area (Å²) in [7, 11) is 1.56. The number of aliphatic hydroxyl groups is 1. The molecule has 2 saturated carbocycles. The predicted octanol–water partition coefficient (Wildman–Crippen LogP) is 3.69. The molecule has 4 atom stereocenters. The Hall–Kier alpha value is -1.09. The fraction of sp³-hybridized carbons (Fsp3) is 0.625. The largest absolute Gasteiger partial charge is 0.496 e. The van der Waals surface area contributed by atoms with Crippen LogP contribution in [0.3, 0.4) is 0 Å². The van der Waals surface area contributed by atoms with Crippen molar-refractivity contribution in [3.05, 3.63) is 29.6 Å². The van der Waals surface area contributed by atoms with E-state index in [-0.39, 0.29) is 5.82 Å². The summed E-state index contributed by atoms with van der Waals surface area (Å²) in [4.78, 5) is 0. The van der Waals surface area contributed by atoms with Crippen molar-refractivity contribution in [3.63, 3.8) is 0 Å². The Labute approximate surface area is 113 Å². The van der Waals surface area contributed by atoms with Crippen LogP contribution in [0.1, 0.15) is 43.8 Å². The first-order chi connectivity index (χ1) is 9.17. The van der Waals surface area contributed by atoms with Crippen molar-refractivity contribution < 1.29 is 14.2 Å². The molecule has 2 bridgehead atoms. The van der Waals surface area contributed by atoms with Crippen LogP contribution in [0.4, 0.5) is 4.39 Å². The lowest BCUT2D eigenvalue weighted by Gasteiger charge is -2.25. The molecule has 3 rings (SSSR count). The third-order valence-electron chi connectivity index (χ3n) is 4.96. The molecule has 2 aliphatic carbocycles. The number of aliphatic hydroxyl groups excluding tert-OH is 1. The van der Waals surface area contributed by atoms with E-state index < -0.39 is 6.10 Å². The summed E-state index contributed by atoms with van der Waals surface area (Å²) in [5.41, 5.74) is 0.588. The summed E-state index contributed by atoms with van der Waals surface area (Å²) in [5.74, 6) is 2.51. The first-order valence-electron chi connectivity index (χ1n) is 7.19. The van der Waals surface area contributed by atoms with Gasteiger partial charge >= 0.3 is 0 Å². The molecule has 0 heterocycles. The van der Waals surface area contributed by atoms with Crippen LogP contribution in [0.25, 0.3) is 0 Å². The molecule has 0 aromatic heterocycles. The number of fused-ring (bicyclic) bond motifs is 2. The summed E-state index contributed by atoms with van der Waals surface area (Å²) in [5, 5.41) is 10.4. The first-order valence-corrected chi connectivity index (χ1v) is 7.19. The number of halogens is 1. The van der Waals surface area contributed by atoms with Crippen molar-refractivity contribution in [3.8, 4) is 5.75 Å². The lowest BCUT2D eigenvalue weighted by Crippen LogP contribution is -2.14. The summed E-state index contributed by atoms with van der Waals surface area (Å²) in [6.45, 7) is 0. The molecular formula is C16H21FO2. The van der Waals surface area contributed by atoms with E-state index in [0.717, 1.165) is 18.3 Å². The standard InChI is InChI=1S/C16H21FO2/c1-19-16-5-4-13(17)9-14(16)15(18)8-12-7-10-2-3-11(12)6-10/h4-5,9-12,15,18H,2-3,6-8H2,1H3. The highest BCUT2D eigenvalue weighted by molar-refractivity contribution is 5.35. The number of hydrogen-bond donors (Lipinski definition) is 1. The zero-order chi connectivity index (χ0) is 13.4. The van der Waals surface area contributed by atoms with E-state index in [4.69, 9.17) is 4.74 Å². The molecule has 2 fully saturated rings. The van der Waals surface area contributed by atoms with Crippen LogP contribution in [0, 0.1) is 23.6 Å². The van der Waals surface area contributed by atoms with Crippen molar-refractivity contribution in [2.75, 3.05) is 7.11 Å². The highest BCUT2D eigenvalue weighted by atomic mass is 19.1. The second kappa shape index (κ2) is 5.12. The zero-order valence-corrected chi connectivity index (χ0v) is 11.3. The van der Waals surface area contributed by atoms with Crippen molar-refractivity contribution in [1.29, 1.82) is 0 Å². The molecule has 0 radical (unpaired) electrons. The second-order valence-electron chi connectivity index (χ2n) is 6.07. The van der Waals surface area contributed by atoms with Crippen LogP contribution < -0.4 is 4.74 Å². The fourth-order valence-corrected chi connectivity index (χ4v) is 4.04. The Balaban J connectivity index is 1.73. The molecule has 104 valence electrons. The van der Waals surface area contributed by atoms with Gasteiger partial charge in [0.2, 0.25) is 0 Å². The maximum atomic E-state index is 13.3. The summed E-state index contributed by atoms with van der Waals surface area (Å²) < 4.78 is 18.6. The maximum absolute atomic E-state index is 13.3. The summed E-state index contributed by atoms with van der Waals surface area (Å²) in [6, 6.07) is 4.36. The number of ether oxygens (including phenoxy) is 1. The van der Waals surface area contributed by atoms with Gasteiger partial charge in [-0.2, -0.15) is 0 Å². The first kappa shape index (κ1) is 12.9. The minimum atomic E-state index is -0.616. The molecule has 0 amide bonds. The van der Waals surface area contributed by atoms with Gasteiger partial charge in [0, 0.05) is 5.56 Å². The highest BCUT2D eigenvalue weighted by Crippen LogP contribution is 2.51. The number of rotatable bonds is 4. The van der Waals surface area contributed by atoms with Crippen LogP contribution in [0.15, 0.2) is 18.2 Å². The third-order valence-corrected chi connectivity index (χ3v) is 4.96. The van der Waals surface area contributed by atoms with E-state index >= 15 is 0 Å². The topological polar surface area (TPSA) is 29.5 Å². The number of hydrogen-bond acceptors (Lipinski definition) is 2. The monoisotopic (exact) mass is 264 g/mol. The van der Waals surface area contributed by atoms with E-state index in [1.807, 2.05) is 0 Å². The predicted molar refractivity (Wildman–Crippen MR) is 71.5 cm³/mol. The van der Waals surface area contributed by atoms with Gasteiger partial charge in [0.15, 0.2) is 0 Å². The molecule has 2 nitrogen and oxygen atoms in total. The van der Waals surface area contributed by atoms with Gasteiger partial charge in [-0.05, 0) is 61.6 Å². The van der Waals surface area contributed by atoms with Crippen molar-refractivity contribution in [2.45, 2.75) is 38.2 Å². The average molecular weight is 264 g/mol. The lowest BCUT2D eigenvalue weighted by atomic mass is 9.83. The molecule has 2 aliphatic rings. The van der Waals surface area contributed by atoms with Gasteiger partial charge in [0.1, 0.15) is 11.6 Å². The van der Waals surface area contributed by atoms with Crippen LogP contribution in [0.5, 0.6) is 5.75 Å². The van der Waals surface area contributed by atoms with Crippen LogP contribution in [0.2, 0.25) is 0 Å². The molecular weight excluding hydrogens is 243 g/mol. The van der Waals surface area contributed by atoms with Crippen molar-refractivity contribution in [1.82, 2.24) is 0 Å². The van der Waals surface area contributed by atoms with Gasteiger partial charge in [-0.15, -0.1) is 0 Å². The minimum Gasteiger partial charge on any atom is -0.496 e. The van der Waals surface area contributed by atoms with E-state index in [2.05, 4.69) is 0 Å². The Morgan fingerprint density at radius 2 is 2.21 bits per heavy atom. The normalized spacial score (nSPS) is 30.6. The van der Waals surface area contributed by atoms with Gasteiger partial charge in [-0.25, -0.2) is 4.39 Å². The Morgan fingerprint density at radius 3 is 2.84 bits per heavy atom. The molecule has 1 aromatic rings. The molecule has 0 saturated heterocycles. The van der Waals surface area contributed by atoms with Crippen molar-refractivity contribution >= 4 is 0 Å². The van der Waals surface area contributed by atoms with E-state index in [1.165, 1.54) is 37.8 Å². The van der Waals surface area contributed by atoms with E-state index in [0.29, 0.717) is 17.2 Å². The Kier molecular flexibility index (Phi) is 3.48. The lowest BCUT2D eigenvalue weighted by molar-refractivity contribution is 0.122. The Bertz CT molecular complexity index is 460. The SMILES string of the molecule is COc1ccc(F)cc1C(O)CC1CC2CCC1C2. The van der Waals surface area contributed by atoms with Gasteiger partial charge in [0.05, 0.1) is 13.2 Å². The molecule has 3 heteroatoms. The van der Waals surface area contributed by atoms with Gasteiger partial charge < -0.3 is 9.84 Å². The smallest absolute Gasteiger partial charge is 0.124 e. The van der Waals surface area contributed by atoms with Gasteiger partial charge in [0.25, 0.3) is 0 Å². The summed E-state index contributed by atoms with van der Waals surface area (Å²) in [6.07, 6.45) is 5.36. The molecule has 1 aromatic carbocycles. The average Bonchev–Trinajstić information content (AvgIpc) is 3.01. The molecule has 0 spiro atoms. The fourth-order valence-electron chi connectivity index (χ4n) is 4.04. The Morgan fingerprint density at radius 1 is 1.37 bits per heavy atom. The van der Waals surface area contributed by atoms with E-state index in [9.17, 15) is 9.50 Å². The number of benzene rings is 1. The van der Waals surface area contributed by atoms with Crippen LogP contribution in [-0.4, -0.2) is 12.2 Å². The number of methoxy groups -OCH3 is 1. The van der Waals surface area contributed by atoms with Crippen LogP contribution >= 0.6 is 0 Å². The quantitative estimate of drug-likeness (QED) is 0.898. The van der Waals surface area contributed by atoms with Gasteiger partial charge in [-0.1, -0.05) is 6.42 Å². The molecule has 19 heavy (non-hydrogen) atoms. The van der Waals surface area contributed by atoms with Gasteiger partial charge in [-0.3, -0.25) is 0 Å². The third kappa shape index (κ3) is 2.48. The second-order valence-corrected chi connectivity index (χ2v) is 6.07. The van der Waals surface area contributed by atoms with E-state index in [1.54, 1.807) is 13.2 Å². The van der Waals surface area contributed by atoms with Crippen molar-refractivity contribution in [2.24, 2.45) is 17.8 Å². The molecule has 1 N–H and O–H groups in total. The molecule has 0 aliphatic heterocycles. The van der Waals surface area contributed by atoms with Crippen LogP contribution in [-0.2, 0) is 0 Å². The highest BCUT2D eigenvalue weighted by Gasteiger charge is 2.40.